The molecule has 4 heteroatoms. The van der Waals surface area contributed by atoms with Gasteiger partial charge in [-0.15, -0.1) is 0 Å². The molecular weight excluding hydrogens is 202 g/mol. The zero-order chi connectivity index (χ0) is 12.2. The summed E-state index contributed by atoms with van der Waals surface area (Å²) in [5.41, 5.74) is 5.76. The average Bonchev–Trinajstić information content (AvgIpc) is 2.59. The van der Waals surface area contributed by atoms with Crippen LogP contribution >= 0.6 is 0 Å². The van der Waals surface area contributed by atoms with Crippen molar-refractivity contribution in [2.24, 2.45) is 17.1 Å². The maximum atomic E-state index is 5.56. The Morgan fingerprint density at radius 2 is 2.06 bits per heavy atom. The number of hydrogen-bond donors (Lipinski definition) is 1. The van der Waals surface area contributed by atoms with Gasteiger partial charge >= 0.3 is 0 Å². The molecule has 92 valence electrons. The fourth-order valence-corrected chi connectivity index (χ4v) is 1.43. The molecule has 2 N–H and O–H groups in total. The van der Waals surface area contributed by atoms with Crippen LogP contribution in [0.3, 0.4) is 0 Å². The smallest absolute Gasteiger partial charge is 0.226 e. The van der Waals surface area contributed by atoms with Crippen LogP contribution < -0.4 is 5.73 Å². The lowest BCUT2D eigenvalue weighted by molar-refractivity contribution is 0.348. The fraction of sp³-hybridized carbons (Fsp3) is 0.833. The van der Waals surface area contributed by atoms with Gasteiger partial charge in [-0.25, -0.2) is 0 Å². The van der Waals surface area contributed by atoms with Crippen molar-refractivity contribution in [3.8, 4) is 0 Å². The number of hydrogen-bond acceptors (Lipinski definition) is 4. The van der Waals surface area contributed by atoms with Gasteiger partial charge in [0.2, 0.25) is 5.89 Å². The SMILES string of the molecule is CC(CN)CCc1nc(CC(C)(C)C)no1. The first-order valence-electron chi connectivity index (χ1n) is 5.92. The molecule has 0 spiro atoms. The van der Waals surface area contributed by atoms with Gasteiger partial charge in [-0.3, -0.25) is 0 Å². The van der Waals surface area contributed by atoms with Crippen LogP contribution in [0, 0.1) is 11.3 Å². The summed E-state index contributed by atoms with van der Waals surface area (Å²) in [7, 11) is 0. The second-order valence-corrected chi connectivity index (χ2v) is 5.72. The fourth-order valence-electron chi connectivity index (χ4n) is 1.43. The molecule has 1 rings (SSSR count). The molecule has 0 aliphatic carbocycles. The van der Waals surface area contributed by atoms with Crippen LogP contribution in [0.15, 0.2) is 4.52 Å². The summed E-state index contributed by atoms with van der Waals surface area (Å²) >= 11 is 0. The van der Waals surface area contributed by atoms with Gasteiger partial charge < -0.3 is 10.3 Å². The van der Waals surface area contributed by atoms with E-state index in [4.69, 9.17) is 10.3 Å². The topological polar surface area (TPSA) is 64.9 Å². The molecule has 16 heavy (non-hydrogen) atoms. The van der Waals surface area contributed by atoms with E-state index in [1.54, 1.807) is 0 Å². The number of nitrogens with two attached hydrogens (primary N) is 1. The summed E-state index contributed by atoms with van der Waals surface area (Å²) in [5.74, 6) is 2.06. The predicted octanol–water partition coefficient (Wildman–Crippen LogP) is 2.19. The van der Waals surface area contributed by atoms with Crippen LogP contribution in [0.4, 0.5) is 0 Å². The van der Waals surface area contributed by atoms with E-state index in [-0.39, 0.29) is 5.41 Å². The highest BCUT2D eigenvalue weighted by molar-refractivity contribution is 4.90. The Morgan fingerprint density at radius 3 is 2.62 bits per heavy atom. The highest BCUT2D eigenvalue weighted by Gasteiger charge is 2.16. The molecule has 0 aliphatic heterocycles. The van der Waals surface area contributed by atoms with Crippen molar-refractivity contribution in [2.45, 2.75) is 47.0 Å². The molecule has 1 aromatic heterocycles. The first kappa shape index (κ1) is 13.2. The van der Waals surface area contributed by atoms with Crippen LogP contribution in [-0.4, -0.2) is 16.7 Å². The van der Waals surface area contributed by atoms with Crippen molar-refractivity contribution < 1.29 is 4.52 Å². The van der Waals surface area contributed by atoms with Crippen molar-refractivity contribution in [1.29, 1.82) is 0 Å². The van der Waals surface area contributed by atoms with E-state index in [9.17, 15) is 0 Å². The molecule has 1 aromatic rings. The molecule has 0 aliphatic rings. The van der Waals surface area contributed by atoms with Crippen molar-refractivity contribution in [3.63, 3.8) is 0 Å². The van der Waals surface area contributed by atoms with Crippen LogP contribution in [0.25, 0.3) is 0 Å². The van der Waals surface area contributed by atoms with Crippen molar-refractivity contribution >= 4 is 0 Å². The van der Waals surface area contributed by atoms with Crippen molar-refractivity contribution in [2.75, 3.05) is 6.54 Å². The molecule has 0 amide bonds. The summed E-state index contributed by atoms with van der Waals surface area (Å²) in [6, 6.07) is 0. The highest BCUT2D eigenvalue weighted by Crippen LogP contribution is 2.19. The average molecular weight is 225 g/mol. The largest absolute Gasteiger partial charge is 0.339 e. The Balaban J connectivity index is 2.45. The molecule has 0 saturated heterocycles. The summed E-state index contributed by atoms with van der Waals surface area (Å²) < 4.78 is 5.20. The summed E-state index contributed by atoms with van der Waals surface area (Å²) in [6.45, 7) is 9.34. The number of rotatable bonds is 5. The van der Waals surface area contributed by atoms with E-state index in [1.807, 2.05) is 0 Å². The van der Waals surface area contributed by atoms with E-state index >= 15 is 0 Å². The standard InChI is InChI=1S/C12H23N3O/c1-9(8-13)5-6-11-14-10(15-16-11)7-12(2,3)4/h9H,5-8,13H2,1-4H3. The van der Waals surface area contributed by atoms with E-state index < -0.39 is 0 Å². The van der Waals surface area contributed by atoms with Crippen molar-refractivity contribution in [3.05, 3.63) is 11.7 Å². The molecule has 0 bridgehead atoms. The Hall–Kier alpha value is -0.900. The van der Waals surface area contributed by atoms with Gasteiger partial charge in [0.05, 0.1) is 0 Å². The van der Waals surface area contributed by atoms with Gasteiger partial charge in [0.25, 0.3) is 0 Å². The molecule has 1 heterocycles. The van der Waals surface area contributed by atoms with E-state index in [1.165, 1.54) is 0 Å². The lowest BCUT2D eigenvalue weighted by Crippen LogP contribution is -2.12. The first-order chi connectivity index (χ1) is 7.40. The molecule has 0 fully saturated rings. The minimum Gasteiger partial charge on any atom is -0.339 e. The number of aryl methyl sites for hydroxylation is 1. The van der Waals surface area contributed by atoms with E-state index in [0.29, 0.717) is 12.5 Å². The van der Waals surface area contributed by atoms with Gasteiger partial charge in [-0.1, -0.05) is 32.9 Å². The second-order valence-electron chi connectivity index (χ2n) is 5.72. The molecule has 0 aromatic carbocycles. The zero-order valence-electron chi connectivity index (χ0n) is 10.8. The van der Waals surface area contributed by atoms with Crippen LogP contribution in [0.5, 0.6) is 0 Å². The van der Waals surface area contributed by atoms with Gasteiger partial charge in [-0.2, -0.15) is 4.98 Å². The van der Waals surface area contributed by atoms with Gasteiger partial charge in [-0.05, 0) is 24.3 Å². The van der Waals surface area contributed by atoms with Crippen molar-refractivity contribution in [1.82, 2.24) is 10.1 Å². The maximum Gasteiger partial charge on any atom is 0.226 e. The third-order valence-electron chi connectivity index (χ3n) is 2.45. The lowest BCUT2D eigenvalue weighted by atomic mass is 9.92. The number of nitrogens with zero attached hydrogens (tertiary/aromatic N) is 2. The van der Waals surface area contributed by atoms with Gasteiger partial charge in [0.15, 0.2) is 5.82 Å². The summed E-state index contributed by atoms with van der Waals surface area (Å²) in [4.78, 5) is 4.38. The van der Waals surface area contributed by atoms with Gasteiger partial charge in [0.1, 0.15) is 0 Å². The molecule has 0 saturated carbocycles. The Bertz CT molecular complexity index is 314. The number of aromatic nitrogens is 2. The highest BCUT2D eigenvalue weighted by atomic mass is 16.5. The third-order valence-corrected chi connectivity index (χ3v) is 2.45. The Kier molecular flexibility index (Phi) is 4.47. The molecule has 1 unspecified atom stereocenters. The predicted molar refractivity (Wildman–Crippen MR) is 64.0 cm³/mol. The molecule has 0 radical (unpaired) electrons. The van der Waals surface area contributed by atoms with Gasteiger partial charge in [0, 0.05) is 12.8 Å². The van der Waals surface area contributed by atoms with Crippen LogP contribution in [0.1, 0.15) is 45.8 Å². The second kappa shape index (κ2) is 5.43. The molecule has 4 nitrogen and oxygen atoms in total. The van der Waals surface area contributed by atoms with Crippen LogP contribution in [0.2, 0.25) is 0 Å². The lowest BCUT2D eigenvalue weighted by Gasteiger charge is -2.14. The minimum absolute atomic E-state index is 0.200. The van der Waals surface area contributed by atoms with Crippen LogP contribution in [-0.2, 0) is 12.8 Å². The first-order valence-corrected chi connectivity index (χ1v) is 5.92. The van der Waals surface area contributed by atoms with E-state index in [2.05, 4.69) is 37.8 Å². The Labute approximate surface area is 97.6 Å². The monoisotopic (exact) mass is 225 g/mol. The molecular formula is C12H23N3O. The summed E-state index contributed by atoms with van der Waals surface area (Å²) in [5, 5.41) is 3.99. The summed E-state index contributed by atoms with van der Waals surface area (Å²) in [6.07, 6.45) is 2.69. The minimum atomic E-state index is 0.200. The maximum absolute atomic E-state index is 5.56. The zero-order valence-corrected chi connectivity index (χ0v) is 10.8. The van der Waals surface area contributed by atoms with E-state index in [0.717, 1.165) is 31.0 Å². The molecule has 1 atom stereocenters. The quantitative estimate of drug-likeness (QED) is 0.834. The Morgan fingerprint density at radius 1 is 1.38 bits per heavy atom. The third kappa shape index (κ3) is 4.75. The normalized spacial score (nSPS) is 14.1.